The number of aliphatic hydroxyl groups excluding tert-OH is 1. The highest BCUT2D eigenvalue weighted by Crippen LogP contribution is 2.30. The summed E-state index contributed by atoms with van der Waals surface area (Å²) in [4.78, 5) is 14.7. The van der Waals surface area contributed by atoms with Gasteiger partial charge in [0.2, 0.25) is 5.91 Å². The van der Waals surface area contributed by atoms with Gasteiger partial charge in [0.25, 0.3) is 0 Å². The van der Waals surface area contributed by atoms with E-state index < -0.39 is 6.10 Å². The average molecular weight is 369 g/mol. The van der Waals surface area contributed by atoms with Crippen LogP contribution in [0.3, 0.4) is 0 Å². The van der Waals surface area contributed by atoms with Crippen LogP contribution in [-0.4, -0.2) is 36.2 Å². The minimum Gasteiger partial charge on any atom is -0.496 e. The summed E-state index contributed by atoms with van der Waals surface area (Å²) in [5.74, 6) is 1.66. The molecule has 2 aromatic carbocycles. The number of hydrogen-bond acceptors (Lipinski definition) is 4. The number of ether oxygens (including phenoxy) is 2. The highest BCUT2D eigenvalue weighted by molar-refractivity contribution is 5.79. The molecule has 1 unspecified atom stereocenters. The first-order valence-electron chi connectivity index (χ1n) is 9.33. The van der Waals surface area contributed by atoms with Crippen molar-refractivity contribution in [3.05, 3.63) is 59.2 Å². The van der Waals surface area contributed by atoms with E-state index in [1.807, 2.05) is 61.2 Å². The molecular weight excluding hydrogens is 342 g/mol. The van der Waals surface area contributed by atoms with Gasteiger partial charge in [0.15, 0.2) is 0 Å². The van der Waals surface area contributed by atoms with Crippen LogP contribution in [0.5, 0.6) is 11.5 Å². The fraction of sp³-hybridized carbons (Fsp3) is 0.409. The molecule has 2 aromatic rings. The lowest BCUT2D eigenvalue weighted by Gasteiger charge is -2.21. The largest absolute Gasteiger partial charge is 0.496 e. The second-order valence-corrected chi connectivity index (χ2v) is 7.21. The normalized spacial score (nSPS) is 14.9. The van der Waals surface area contributed by atoms with Gasteiger partial charge in [-0.1, -0.05) is 38.1 Å². The van der Waals surface area contributed by atoms with E-state index in [9.17, 15) is 9.90 Å². The summed E-state index contributed by atoms with van der Waals surface area (Å²) in [5.41, 5.74) is 2.66. The molecule has 1 heterocycles. The Kier molecular flexibility index (Phi) is 6.01. The Bertz CT molecular complexity index is 803. The van der Waals surface area contributed by atoms with E-state index in [0.717, 1.165) is 28.2 Å². The van der Waals surface area contributed by atoms with Gasteiger partial charge in [-0.2, -0.15) is 0 Å². The van der Waals surface area contributed by atoms with Crippen LogP contribution in [0.15, 0.2) is 42.5 Å². The van der Waals surface area contributed by atoms with Crippen molar-refractivity contribution in [3.8, 4) is 11.5 Å². The van der Waals surface area contributed by atoms with Crippen LogP contribution in [0.4, 0.5) is 0 Å². The molecule has 1 amide bonds. The zero-order valence-corrected chi connectivity index (χ0v) is 16.1. The molecule has 0 fully saturated rings. The van der Waals surface area contributed by atoms with E-state index >= 15 is 0 Å². The van der Waals surface area contributed by atoms with Crippen LogP contribution in [0.25, 0.3) is 0 Å². The minimum atomic E-state index is -0.531. The maximum Gasteiger partial charge on any atom is 0.227 e. The fourth-order valence-electron chi connectivity index (χ4n) is 3.32. The summed E-state index contributed by atoms with van der Waals surface area (Å²) >= 11 is 0. The smallest absolute Gasteiger partial charge is 0.227 e. The van der Waals surface area contributed by atoms with Crippen molar-refractivity contribution < 1.29 is 19.4 Å². The van der Waals surface area contributed by atoms with Gasteiger partial charge in [0, 0.05) is 17.7 Å². The molecule has 0 aliphatic carbocycles. The zero-order chi connectivity index (χ0) is 19.4. The second kappa shape index (κ2) is 8.44. The van der Waals surface area contributed by atoms with Crippen molar-refractivity contribution in [2.45, 2.75) is 32.9 Å². The third-order valence-electron chi connectivity index (χ3n) is 4.92. The number of aliphatic hydroxyl groups is 1. The van der Waals surface area contributed by atoms with Gasteiger partial charge in [0.05, 0.1) is 26.2 Å². The predicted molar refractivity (Wildman–Crippen MR) is 104 cm³/mol. The maximum absolute atomic E-state index is 12.9. The third kappa shape index (κ3) is 4.42. The molecule has 27 heavy (non-hydrogen) atoms. The number of amides is 1. The topological polar surface area (TPSA) is 59.0 Å². The number of methoxy groups -OCH3 is 1. The Hall–Kier alpha value is -2.53. The molecular formula is C22H27NO4. The molecule has 0 bridgehead atoms. The van der Waals surface area contributed by atoms with Crippen molar-refractivity contribution in [3.63, 3.8) is 0 Å². The molecule has 0 saturated carbocycles. The van der Waals surface area contributed by atoms with Crippen LogP contribution < -0.4 is 9.47 Å². The summed E-state index contributed by atoms with van der Waals surface area (Å²) in [6.07, 6.45) is -0.246. The molecule has 1 N–H and O–H groups in total. The fourth-order valence-corrected chi connectivity index (χ4v) is 3.32. The van der Waals surface area contributed by atoms with Crippen molar-refractivity contribution in [2.75, 3.05) is 20.3 Å². The van der Waals surface area contributed by atoms with E-state index in [-0.39, 0.29) is 18.2 Å². The molecule has 0 aromatic heterocycles. The first-order chi connectivity index (χ1) is 13.0. The Morgan fingerprint density at radius 1 is 1.26 bits per heavy atom. The lowest BCUT2D eigenvalue weighted by atomic mass is 9.97. The van der Waals surface area contributed by atoms with Gasteiger partial charge in [0.1, 0.15) is 18.1 Å². The standard InChI is InChI=1S/C22H27NO4/c1-15(2)22(25)17-8-9-20-18(12-17)14-23(10-11-27-20)21(24)13-16-6-4-5-7-19(16)26-3/h4-9,12,15,22,25H,10-11,13-14H2,1-3H3. The highest BCUT2D eigenvalue weighted by Gasteiger charge is 2.22. The molecule has 5 nitrogen and oxygen atoms in total. The quantitative estimate of drug-likeness (QED) is 0.878. The molecule has 144 valence electrons. The highest BCUT2D eigenvalue weighted by atomic mass is 16.5. The molecule has 5 heteroatoms. The number of para-hydroxylation sites is 1. The molecule has 1 aliphatic heterocycles. The number of rotatable bonds is 5. The van der Waals surface area contributed by atoms with Crippen molar-refractivity contribution in [2.24, 2.45) is 5.92 Å². The first kappa shape index (κ1) is 19.2. The Morgan fingerprint density at radius 2 is 2.04 bits per heavy atom. The molecule has 0 spiro atoms. The molecule has 1 atom stereocenters. The van der Waals surface area contributed by atoms with Gasteiger partial charge in [-0.3, -0.25) is 4.79 Å². The maximum atomic E-state index is 12.9. The SMILES string of the molecule is COc1ccccc1CC(=O)N1CCOc2ccc(C(O)C(C)C)cc2C1. The average Bonchev–Trinajstić information content (AvgIpc) is 2.89. The Balaban J connectivity index is 1.79. The van der Waals surface area contributed by atoms with Crippen LogP contribution in [0, 0.1) is 5.92 Å². The Morgan fingerprint density at radius 3 is 2.78 bits per heavy atom. The molecule has 0 radical (unpaired) electrons. The van der Waals surface area contributed by atoms with E-state index in [0.29, 0.717) is 19.7 Å². The molecule has 0 saturated heterocycles. The first-order valence-corrected chi connectivity index (χ1v) is 9.33. The summed E-state index contributed by atoms with van der Waals surface area (Å²) in [6, 6.07) is 13.3. The van der Waals surface area contributed by atoms with Gasteiger partial charge in [-0.05, 0) is 29.7 Å². The number of fused-ring (bicyclic) bond motifs is 1. The number of nitrogens with zero attached hydrogens (tertiary/aromatic N) is 1. The number of carbonyl (C=O) groups excluding carboxylic acids is 1. The van der Waals surface area contributed by atoms with Crippen LogP contribution >= 0.6 is 0 Å². The summed E-state index contributed by atoms with van der Waals surface area (Å²) in [5, 5.41) is 10.4. The molecule has 3 rings (SSSR count). The van der Waals surface area contributed by atoms with Crippen LogP contribution in [0.2, 0.25) is 0 Å². The monoisotopic (exact) mass is 369 g/mol. The van der Waals surface area contributed by atoms with E-state index in [1.54, 1.807) is 7.11 Å². The van der Waals surface area contributed by atoms with E-state index in [4.69, 9.17) is 9.47 Å². The van der Waals surface area contributed by atoms with Gasteiger partial charge >= 0.3 is 0 Å². The number of benzene rings is 2. The van der Waals surface area contributed by atoms with Crippen molar-refractivity contribution >= 4 is 5.91 Å². The number of carbonyl (C=O) groups is 1. The summed E-state index contributed by atoms with van der Waals surface area (Å²) in [7, 11) is 1.61. The summed E-state index contributed by atoms with van der Waals surface area (Å²) in [6.45, 7) is 5.43. The van der Waals surface area contributed by atoms with Crippen molar-refractivity contribution in [1.82, 2.24) is 4.90 Å². The van der Waals surface area contributed by atoms with E-state index in [1.165, 1.54) is 0 Å². The van der Waals surface area contributed by atoms with Crippen molar-refractivity contribution in [1.29, 1.82) is 0 Å². The Labute approximate surface area is 160 Å². The second-order valence-electron chi connectivity index (χ2n) is 7.21. The zero-order valence-electron chi connectivity index (χ0n) is 16.1. The van der Waals surface area contributed by atoms with Gasteiger partial charge < -0.3 is 19.5 Å². The predicted octanol–water partition coefficient (Wildman–Crippen LogP) is 3.35. The lowest BCUT2D eigenvalue weighted by Crippen LogP contribution is -2.33. The van der Waals surface area contributed by atoms with E-state index in [2.05, 4.69) is 0 Å². The third-order valence-corrected chi connectivity index (χ3v) is 4.92. The lowest BCUT2D eigenvalue weighted by molar-refractivity contribution is -0.131. The van der Waals surface area contributed by atoms with Gasteiger partial charge in [-0.15, -0.1) is 0 Å². The van der Waals surface area contributed by atoms with Gasteiger partial charge in [-0.25, -0.2) is 0 Å². The minimum absolute atomic E-state index is 0.0331. The van der Waals surface area contributed by atoms with Crippen LogP contribution in [0.1, 0.15) is 36.6 Å². The molecule has 1 aliphatic rings. The van der Waals surface area contributed by atoms with Crippen LogP contribution in [-0.2, 0) is 17.8 Å². The number of hydrogen-bond donors (Lipinski definition) is 1. The summed E-state index contributed by atoms with van der Waals surface area (Å²) < 4.78 is 11.2.